The predicted octanol–water partition coefficient (Wildman–Crippen LogP) is 1.84. The zero-order valence-corrected chi connectivity index (χ0v) is 16.4. The Morgan fingerprint density at radius 2 is 1.89 bits per heavy atom. The maximum absolute atomic E-state index is 12.5. The molecule has 2 fully saturated rings. The van der Waals surface area contributed by atoms with Crippen LogP contribution in [0.4, 0.5) is 0 Å². The molecule has 0 aromatic heterocycles. The van der Waals surface area contributed by atoms with Gasteiger partial charge in [0.05, 0.1) is 24.9 Å². The number of carbonyl (C=O) groups excluding carboxylic acids is 1. The molecule has 2 aliphatic heterocycles. The monoisotopic (exact) mass is 380 g/mol. The molecular formula is C20H28O7. The minimum Gasteiger partial charge on any atom is -0.453 e. The number of rotatable bonds is 4. The zero-order valence-electron chi connectivity index (χ0n) is 16.4. The molecule has 3 rings (SSSR count). The van der Waals surface area contributed by atoms with Gasteiger partial charge < -0.3 is 28.8 Å². The molecule has 1 N–H and O–H groups in total. The second kappa shape index (κ2) is 7.48. The van der Waals surface area contributed by atoms with Gasteiger partial charge in [-0.15, -0.1) is 0 Å². The highest BCUT2D eigenvalue weighted by atomic mass is 16.8. The number of benzene rings is 1. The van der Waals surface area contributed by atoms with Gasteiger partial charge in [-0.1, -0.05) is 17.7 Å². The molecule has 150 valence electrons. The topological polar surface area (TPSA) is 83.5 Å². The molecule has 1 aromatic rings. The number of aliphatic hydroxyl groups excluding tert-OH is 1. The maximum atomic E-state index is 12.5. The van der Waals surface area contributed by atoms with Crippen molar-refractivity contribution < 1.29 is 33.6 Å². The smallest absolute Gasteiger partial charge is 0.338 e. The minimum atomic E-state index is -1.20. The molecule has 2 heterocycles. The van der Waals surface area contributed by atoms with Crippen molar-refractivity contribution in [3.8, 4) is 0 Å². The molecular weight excluding hydrogens is 352 g/mol. The number of hydrogen-bond donors (Lipinski definition) is 1. The fraction of sp³-hybridized carbons (Fsp3) is 0.650. The molecule has 0 saturated carbocycles. The summed E-state index contributed by atoms with van der Waals surface area (Å²) in [4.78, 5) is 12.5. The summed E-state index contributed by atoms with van der Waals surface area (Å²) >= 11 is 0. The Morgan fingerprint density at radius 1 is 1.22 bits per heavy atom. The van der Waals surface area contributed by atoms with E-state index in [1.165, 1.54) is 7.11 Å². The first kappa shape index (κ1) is 20.2. The van der Waals surface area contributed by atoms with Crippen molar-refractivity contribution in [1.82, 2.24) is 0 Å². The third kappa shape index (κ3) is 3.62. The highest BCUT2D eigenvalue weighted by Gasteiger charge is 2.60. The van der Waals surface area contributed by atoms with Gasteiger partial charge in [-0.05, 0) is 39.8 Å². The molecule has 0 radical (unpaired) electrons. The normalized spacial score (nSPS) is 38.9. The van der Waals surface area contributed by atoms with Crippen molar-refractivity contribution in [1.29, 1.82) is 0 Å². The van der Waals surface area contributed by atoms with Crippen molar-refractivity contribution in [2.75, 3.05) is 20.3 Å². The third-order valence-corrected chi connectivity index (χ3v) is 5.63. The van der Waals surface area contributed by atoms with E-state index in [-0.39, 0.29) is 19.3 Å². The molecule has 0 amide bonds. The van der Waals surface area contributed by atoms with Gasteiger partial charge in [-0.25, -0.2) is 4.79 Å². The van der Waals surface area contributed by atoms with Crippen molar-refractivity contribution >= 4 is 5.97 Å². The van der Waals surface area contributed by atoms with Crippen LogP contribution in [0.5, 0.6) is 0 Å². The number of aliphatic hydroxyl groups is 1. The Morgan fingerprint density at radius 3 is 2.48 bits per heavy atom. The molecule has 2 aliphatic rings. The molecule has 7 heteroatoms. The third-order valence-electron chi connectivity index (χ3n) is 5.63. The van der Waals surface area contributed by atoms with Crippen LogP contribution in [0.2, 0.25) is 0 Å². The molecule has 27 heavy (non-hydrogen) atoms. The number of carbonyl (C=O) groups is 1. The Kier molecular flexibility index (Phi) is 5.61. The van der Waals surface area contributed by atoms with Crippen LogP contribution in [-0.4, -0.2) is 67.2 Å². The van der Waals surface area contributed by atoms with Crippen LogP contribution in [-0.2, 0) is 23.7 Å². The predicted molar refractivity (Wildman–Crippen MR) is 96.4 cm³/mol. The van der Waals surface area contributed by atoms with E-state index in [0.29, 0.717) is 5.56 Å². The van der Waals surface area contributed by atoms with Gasteiger partial charge in [-0.2, -0.15) is 0 Å². The van der Waals surface area contributed by atoms with Crippen LogP contribution in [0.3, 0.4) is 0 Å². The standard InChI is InChI=1S/C20H28O7/c1-12-6-8-14(9-7-12)18(22)25-15-10-24-13(2)16-17(15)27-20(4,23-5)19(3,11-21)26-16/h6-9,13,15-17,21H,10-11H2,1-5H3/t13-,15-,16+,17+,19+,20-/m0/s1. The SMILES string of the molecule is CO[C@@]1(C)O[C@H]2[C@H](O[C@]1(C)CO)[C@H](C)OC[C@@H]2OC(=O)c1ccc(C)cc1. The van der Waals surface area contributed by atoms with Crippen LogP contribution >= 0.6 is 0 Å². The number of esters is 1. The van der Waals surface area contributed by atoms with Gasteiger partial charge in [0.2, 0.25) is 0 Å². The Balaban J connectivity index is 1.81. The summed E-state index contributed by atoms with van der Waals surface area (Å²) in [6.45, 7) is 7.15. The quantitative estimate of drug-likeness (QED) is 0.798. The van der Waals surface area contributed by atoms with Crippen LogP contribution in [0.25, 0.3) is 0 Å². The first-order valence-electron chi connectivity index (χ1n) is 9.14. The van der Waals surface area contributed by atoms with Crippen LogP contribution < -0.4 is 0 Å². The van der Waals surface area contributed by atoms with Gasteiger partial charge in [0.15, 0.2) is 11.9 Å². The van der Waals surface area contributed by atoms with E-state index < -0.39 is 35.7 Å². The fourth-order valence-corrected chi connectivity index (χ4v) is 3.45. The van der Waals surface area contributed by atoms with Crippen molar-refractivity contribution in [2.24, 2.45) is 0 Å². The number of hydrogen-bond acceptors (Lipinski definition) is 7. The van der Waals surface area contributed by atoms with Crippen LogP contribution in [0.15, 0.2) is 24.3 Å². The second-order valence-corrected chi connectivity index (χ2v) is 7.55. The Bertz CT molecular complexity index is 675. The fourth-order valence-electron chi connectivity index (χ4n) is 3.45. The molecule has 0 spiro atoms. The summed E-state index contributed by atoms with van der Waals surface area (Å²) in [5.74, 6) is -1.65. The van der Waals surface area contributed by atoms with E-state index in [1.807, 2.05) is 26.0 Å². The number of methoxy groups -OCH3 is 1. The molecule has 0 aliphatic carbocycles. The largest absolute Gasteiger partial charge is 0.453 e. The summed E-state index contributed by atoms with van der Waals surface area (Å²) in [7, 11) is 1.49. The van der Waals surface area contributed by atoms with Gasteiger partial charge >= 0.3 is 5.97 Å². The van der Waals surface area contributed by atoms with Gasteiger partial charge in [0.1, 0.15) is 17.8 Å². The lowest BCUT2D eigenvalue weighted by molar-refractivity contribution is -0.418. The van der Waals surface area contributed by atoms with Crippen LogP contribution in [0.1, 0.15) is 36.7 Å². The van der Waals surface area contributed by atoms with Gasteiger partial charge in [0, 0.05) is 7.11 Å². The molecule has 0 unspecified atom stereocenters. The zero-order chi connectivity index (χ0) is 19.8. The highest BCUT2D eigenvalue weighted by molar-refractivity contribution is 5.89. The molecule has 6 atom stereocenters. The number of fused-ring (bicyclic) bond motifs is 1. The highest BCUT2D eigenvalue weighted by Crippen LogP contribution is 2.42. The van der Waals surface area contributed by atoms with Crippen molar-refractivity contribution in [3.05, 3.63) is 35.4 Å². The van der Waals surface area contributed by atoms with E-state index >= 15 is 0 Å². The summed E-state index contributed by atoms with van der Waals surface area (Å²) < 4.78 is 29.3. The minimum absolute atomic E-state index is 0.193. The van der Waals surface area contributed by atoms with Crippen LogP contribution in [0, 0.1) is 6.92 Å². The van der Waals surface area contributed by atoms with E-state index in [9.17, 15) is 9.90 Å². The average Bonchev–Trinajstić information content (AvgIpc) is 2.66. The Hall–Kier alpha value is -1.51. The lowest BCUT2D eigenvalue weighted by atomic mass is 9.89. The Labute approximate surface area is 159 Å². The van der Waals surface area contributed by atoms with Crippen molar-refractivity contribution in [3.63, 3.8) is 0 Å². The van der Waals surface area contributed by atoms with E-state index in [1.54, 1.807) is 26.0 Å². The van der Waals surface area contributed by atoms with E-state index in [2.05, 4.69) is 0 Å². The maximum Gasteiger partial charge on any atom is 0.338 e. The first-order valence-corrected chi connectivity index (χ1v) is 9.14. The summed E-state index contributed by atoms with van der Waals surface area (Å²) in [6, 6.07) is 7.16. The number of aryl methyl sites for hydroxylation is 1. The van der Waals surface area contributed by atoms with Gasteiger partial charge in [0.25, 0.3) is 0 Å². The summed E-state index contributed by atoms with van der Waals surface area (Å²) in [5.41, 5.74) is 0.440. The summed E-state index contributed by atoms with van der Waals surface area (Å²) in [6.07, 6.45) is -2.02. The molecule has 1 aromatic carbocycles. The first-order chi connectivity index (χ1) is 12.7. The second-order valence-electron chi connectivity index (χ2n) is 7.55. The van der Waals surface area contributed by atoms with Crippen molar-refractivity contribution in [2.45, 2.75) is 63.5 Å². The average molecular weight is 380 g/mol. The molecule has 0 bridgehead atoms. The lowest BCUT2D eigenvalue weighted by Crippen LogP contribution is -2.71. The van der Waals surface area contributed by atoms with E-state index in [4.69, 9.17) is 23.7 Å². The molecule has 7 nitrogen and oxygen atoms in total. The van der Waals surface area contributed by atoms with E-state index in [0.717, 1.165) is 5.56 Å². The number of ether oxygens (including phenoxy) is 5. The van der Waals surface area contributed by atoms with Gasteiger partial charge in [-0.3, -0.25) is 0 Å². The summed E-state index contributed by atoms with van der Waals surface area (Å²) in [5, 5.41) is 9.86. The molecule has 2 saturated heterocycles. The lowest BCUT2D eigenvalue weighted by Gasteiger charge is -2.56.